The van der Waals surface area contributed by atoms with Crippen molar-refractivity contribution >= 4 is 40.6 Å². The van der Waals surface area contributed by atoms with Crippen LogP contribution in [0.1, 0.15) is 17.8 Å². The molecule has 136 valence electrons. The summed E-state index contributed by atoms with van der Waals surface area (Å²) in [5, 5.41) is 11.1. The predicted octanol–water partition coefficient (Wildman–Crippen LogP) is 3.68. The zero-order chi connectivity index (χ0) is 18.5. The number of carbonyl (C=O) groups excluding carboxylic acids is 2. The minimum absolute atomic E-state index is 0.229. The Morgan fingerprint density at radius 2 is 2.12 bits per heavy atom. The van der Waals surface area contributed by atoms with Crippen LogP contribution in [-0.4, -0.2) is 25.2 Å². The van der Waals surface area contributed by atoms with E-state index in [0.29, 0.717) is 22.0 Å². The van der Waals surface area contributed by atoms with Crippen LogP contribution < -0.4 is 16.0 Å². The van der Waals surface area contributed by atoms with Gasteiger partial charge in [-0.05, 0) is 30.5 Å². The number of rotatable bonds is 6. The first-order chi connectivity index (χ1) is 12.6. The number of para-hydroxylation sites is 1. The molecule has 1 aliphatic heterocycles. The second-order valence-corrected chi connectivity index (χ2v) is 6.88. The maximum absolute atomic E-state index is 12.6. The Bertz CT molecular complexity index is 836. The molecule has 26 heavy (non-hydrogen) atoms. The summed E-state index contributed by atoms with van der Waals surface area (Å²) in [4.78, 5) is 25.6. The van der Waals surface area contributed by atoms with Crippen LogP contribution in [0.15, 0.2) is 53.0 Å². The molecule has 8 heteroatoms. The number of thiophene rings is 1. The fourth-order valence-electron chi connectivity index (χ4n) is 2.66. The van der Waals surface area contributed by atoms with E-state index >= 15 is 0 Å². The molecule has 0 saturated carbocycles. The summed E-state index contributed by atoms with van der Waals surface area (Å²) in [6, 6.07) is 10.1. The normalized spacial score (nSPS) is 16.7. The molecule has 1 atom stereocenters. The number of benzene rings is 1. The third kappa shape index (κ3) is 4.00. The zero-order valence-corrected chi connectivity index (χ0v) is 15.6. The van der Waals surface area contributed by atoms with Crippen LogP contribution in [0.2, 0.25) is 5.02 Å². The summed E-state index contributed by atoms with van der Waals surface area (Å²) in [6.45, 7) is 2.22. The Kier molecular flexibility index (Phi) is 5.80. The van der Waals surface area contributed by atoms with Gasteiger partial charge in [0.2, 0.25) is 0 Å². The third-order valence-electron chi connectivity index (χ3n) is 3.81. The van der Waals surface area contributed by atoms with E-state index in [2.05, 4.69) is 16.0 Å². The second kappa shape index (κ2) is 8.25. The smallest absolute Gasteiger partial charge is 0.338 e. The van der Waals surface area contributed by atoms with Gasteiger partial charge in [-0.15, -0.1) is 11.3 Å². The fraction of sp³-hybridized carbons (Fsp3) is 0.222. The van der Waals surface area contributed by atoms with Gasteiger partial charge in [-0.2, -0.15) is 0 Å². The van der Waals surface area contributed by atoms with Gasteiger partial charge in [0, 0.05) is 4.88 Å². The van der Waals surface area contributed by atoms with Gasteiger partial charge in [-0.3, -0.25) is 0 Å². The molecule has 0 spiro atoms. The van der Waals surface area contributed by atoms with E-state index in [9.17, 15) is 9.59 Å². The molecule has 2 aromatic rings. The molecule has 1 aromatic carbocycles. The highest BCUT2D eigenvalue weighted by molar-refractivity contribution is 7.10. The number of carbonyl (C=O) groups is 2. The lowest BCUT2D eigenvalue weighted by atomic mass is 10.0. The molecule has 1 aromatic heterocycles. The quantitative estimate of drug-likeness (QED) is 0.656. The Balaban J connectivity index is 1.94. The topological polar surface area (TPSA) is 79.5 Å². The lowest BCUT2D eigenvalue weighted by Gasteiger charge is -2.28. The van der Waals surface area contributed by atoms with Crippen molar-refractivity contribution in [3.8, 4) is 0 Å². The largest absolute Gasteiger partial charge is 0.463 e. The van der Waals surface area contributed by atoms with Crippen LogP contribution in [0.3, 0.4) is 0 Å². The minimum Gasteiger partial charge on any atom is -0.463 e. The van der Waals surface area contributed by atoms with Crippen molar-refractivity contribution in [3.05, 3.63) is 62.9 Å². The summed E-state index contributed by atoms with van der Waals surface area (Å²) in [6.07, 6.45) is 0. The van der Waals surface area contributed by atoms with Crippen molar-refractivity contribution in [3.63, 3.8) is 0 Å². The Morgan fingerprint density at radius 1 is 1.31 bits per heavy atom. The van der Waals surface area contributed by atoms with Crippen LogP contribution in [0.4, 0.5) is 10.5 Å². The van der Waals surface area contributed by atoms with Gasteiger partial charge in [0.1, 0.15) is 0 Å². The molecule has 1 aliphatic rings. The maximum Gasteiger partial charge on any atom is 0.338 e. The Hall–Kier alpha value is -2.51. The molecule has 3 N–H and O–H groups in total. The highest BCUT2D eigenvalue weighted by Crippen LogP contribution is 2.31. The Labute approximate surface area is 160 Å². The summed E-state index contributed by atoms with van der Waals surface area (Å²) >= 11 is 7.62. The fourth-order valence-corrected chi connectivity index (χ4v) is 3.65. The lowest BCUT2D eigenvalue weighted by molar-refractivity contribution is -0.139. The first-order valence-corrected chi connectivity index (χ1v) is 9.35. The van der Waals surface area contributed by atoms with Gasteiger partial charge in [-0.25, -0.2) is 9.59 Å². The van der Waals surface area contributed by atoms with E-state index in [-0.39, 0.29) is 19.2 Å². The molecule has 0 unspecified atom stereocenters. The molecule has 0 radical (unpaired) electrons. The monoisotopic (exact) mass is 391 g/mol. The van der Waals surface area contributed by atoms with Gasteiger partial charge in [0.05, 0.1) is 41.2 Å². The summed E-state index contributed by atoms with van der Waals surface area (Å²) in [7, 11) is 0. The number of hydrogen-bond donors (Lipinski definition) is 3. The molecule has 0 saturated heterocycles. The minimum atomic E-state index is -0.550. The molecule has 0 bridgehead atoms. The SMILES string of the molecule is CCOC(=O)C1=C(CNc2ccccc2Cl)NC(=O)N[C@H]1c1cccs1. The molecule has 0 aliphatic carbocycles. The van der Waals surface area contributed by atoms with E-state index in [4.69, 9.17) is 16.3 Å². The number of esters is 1. The lowest BCUT2D eigenvalue weighted by Crippen LogP contribution is -2.47. The van der Waals surface area contributed by atoms with Crippen molar-refractivity contribution in [2.24, 2.45) is 0 Å². The molecular formula is C18H18ClN3O3S. The molecular weight excluding hydrogens is 374 g/mol. The van der Waals surface area contributed by atoms with Crippen molar-refractivity contribution in [1.82, 2.24) is 10.6 Å². The van der Waals surface area contributed by atoms with E-state index in [1.807, 2.05) is 35.7 Å². The number of ether oxygens (including phenoxy) is 1. The van der Waals surface area contributed by atoms with Crippen LogP contribution >= 0.6 is 22.9 Å². The van der Waals surface area contributed by atoms with Crippen LogP contribution in [0.25, 0.3) is 0 Å². The van der Waals surface area contributed by atoms with Gasteiger partial charge < -0.3 is 20.7 Å². The highest BCUT2D eigenvalue weighted by Gasteiger charge is 2.34. The zero-order valence-electron chi connectivity index (χ0n) is 14.0. The van der Waals surface area contributed by atoms with E-state index in [1.54, 1.807) is 13.0 Å². The summed E-state index contributed by atoms with van der Waals surface area (Å²) < 4.78 is 5.21. The Morgan fingerprint density at radius 3 is 2.81 bits per heavy atom. The first kappa shape index (κ1) is 18.3. The van der Waals surface area contributed by atoms with Crippen LogP contribution in [0, 0.1) is 0 Å². The summed E-state index contributed by atoms with van der Waals surface area (Å²) in [5.74, 6) is -0.464. The van der Waals surface area contributed by atoms with Crippen molar-refractivity contribution in [2.45, 2.75) is 13.0 Å². The van der Waals surface area contributed by atoms with Gasteiger partial charge in [0.15, 0.2) is 0 Å². The molecule has 0 fully saturated rings. The number of amides is 2. The molecule has 2 amide bonds. The van der Waals surface area contributed by atoms with Crippen LogP contribution in [-0.2, 0) is 9.53 Å². The predicted molar refractivity (Wildman–Crippen MR) is 102 cm³/mol. The van der Waals surface area contributed by atoms with Gasteiger partial charge in [-0.1, -0.05) is 29.8 Å². The van der Waals surface area contributed by atoms with E-state index in [1.165, 1.54) is 11.3 Å². The van der Waals surface area contributed by atoms with Gasteiger partial charge in [0.25, 0.3) is 0 Å². The average Bonchev–Trinajstić information content (AvgIpc) is 3.15. The number of urea groups is 1. The molecule has 2 heterocycles. The molecule has 6 nitrogen and oxygen atoms in total. The standard InChI is InChI=1S/C18H18ClN3O3S/c1-2-25-17(23)15-13(10-20-12-7-4-3-6-11(12)19)21-18(24)22-16(15)14-8-5-9-26-14/h3-9,16,20H,2,10H2,1H3,(H2,21,22,24)/t16-/m0/s1. The number of nitrogens with one attached hydrogen (secondary N) is 3. The van der Waals surface area contributed by atoms with E-state index < -0.39 is 12.0 Å². The number of hydrogen-bond acceptors (Lipinski definition) is 5. The van der Waals surface area contributed by atoms with E-state index in [0.717, 1.165) is 4.88 Å². The van der Waals surface area contributed by atoms with Gasteiger partial charge >= 0.3 is 12.0 Å². The number of anilines is 1. The molecule has 3 rings (SSSR count). The number of halogens is 1. The first-order valence-electron chi connectivity index (χ1n) is 8.09. The van der Waals surface area contributed by atoms with Crippen molar-refractivity contribution in [1.29, 1.82) is 0 Å². The average molecular weight is 392 g/mol. The maximum atomic E-state index is 12.6. The van der Waals surface area contributed by atoms with Crippen molar-refractivity contribution < 1.29 is 14.3 Å². The summed E-state index contributed by atoms with van der Waals surface area (Å²) in [5.41, 5.74) is 1.56. The van der Waals surface area contributed by atoms with Crippen LogP contribution in [0.5, 0.6) is 0 Å². The highest BCUT2D eigenvalue weighted by atomic mass is 35.5. The van der Waals surface area contributed by atoms with Crippen molar-refractivity contribution in [2.75, 3.05) is 18.5 Å². The third-order valence-corrected chi connectivity index (χ3v) is 5.07. The second-order valence-electron chi connectivity index (χ2n) is 5.49.